The Morgan fingerprint density at radius 3 is 2.69 bits per heavy atom. The van der Waals surface area contributed by atoms with Crippen molar-refractivity contribution < 1.29 is 4.74 Å². The molecule has 0 atom stereocenters. The van der Waals surface area contributed by atoms with Gasteiger partial charge in [-0.2, -0.15) is 10.1 Å². The number of H-pyrrole nitrogens is 1. The average Bonchev–Trinajstić information content (AvgIpc) is 3.30. The van der Waals surface area contributed by atoms with Gasteiger partial charge in [-0.15, -0.1) is 0 Å². The molecule has 0 unspecified atom stereocenters. The largest absolute Gasteiger partial charge is 0.469 e. The molecule has 0 bridgehead atoms. The van der Waals surface area contributed by atoms with Crippen LogP contribution in [0, 0.1) is 11.7 Å². The van der Waals surface area contributed by atoms with Crippen LogP contribution in [-0.4, -0.2) is 37.8 Å². The highest BCUT2D eigenvalue weighted by atomic mass is 32.1. The molecule has 3 aromatic rings. The second kappa shape index (κ2) is 7.25. The van der Waals surface area contributed by atoms with Crippen LogP contribution >= 0.6 is 12.2 Å². The highest BCUT2D eigenvalue weighted by Crippen LogP contribution is 2.20. The van der Waals surface area contributed by atoms with Gasteiger partial charge in [-0.1, -0.05) is 18.2 Å². The van der Waals surface area contributed by atoms with Crippen LogP contribution in [0.3, 0.4) is 0 Å². The summed E-state index contributed by atoms with van der Waals surface area (Å²) in [5, 5.41) is 7.13. The van der Waals surface area contributed by atoms with Gasteiger partial charge in [0.2, 0.25) is 11.8 Å². The van der Waals surface area contributed by atoms with Crippen molar-refractivity contribution in [2.75, 3.05) is 18.0 Å². The Balaban J connectivity index is 1.56. The summed E-state index contributed by atoms with van der Waals surface area (Å²) in [5.41, 5.74) is 1.83. The van der Waals surface area contributed by atoms with Crippen molar-refractivity contribution in [3.8, 4) is 11.6 Å². The Bertz CT molecular complexity index is 946. The number of ether oxygens (including phenoxy) is 1. The molecule has 2 aromatic heterocycles. The van der Waals surface area contributed by atoms with E-state index < -0.39 is 0 Å². The van der Waals surface area contributed by atoms with Crippen molar-refractivity contribution in [1.82, 2.24) is 24.7 Å². The molecule has 4 rings (SSSR count). The third-order valence-corrected chi connectivity index (χ3v) is 4.59. The Morgan fingerprint density at radius 2 is 1.92 bits per heavy atom. The molecule has 1 aliphatic rings. The van der Waals surface area contributed by atoms with E-state index in [4.69, 9.17) is 17.0 Å². The molecule has 0 spiro atoms. The first kappa shape index (κ1) is 16.7. The molecule has 26 heavy (non-hydrogen) atoms. The van der Waals surface area contributed by atoms with Crippen LogP contribution in [0.4, 0.5) is 5.95 Å². The first-order chi connectivity index (χ1) is 12.7. The minimum Gasteiger partial charge on any atom is -0.469 e. The van der Waals surface area contributed by atoms with Gasteiger partial charge in [-0.05, 0) is 44.1 Å². The fourth-order valence-corrected chi connectivity index (χ4v) is 3.32. The topological polar surface area (TPSA) is 71.9 Å². The van der Waals surface area contributed by atoms with E-state index >= 15 is 0 Å². The zero-order valence-corrected chi connectivity index (χ0v) is 15.4. The molecule has 1 N–H and O–H groups in total. The number of aryl methyl sites for hydroxylation is 1. The molecule has 8 heteroatoms. The van der Waals surface area contributed by atoms with Crippen molar-refractivity contribution >= 4 is 18.2 Å². The van der Waals surface area contributed by atoms with Gasteiger partial charge in [0.15, 0.2) is 17.2 Å². The number of nitrogens with zero attached hydrogens (tertiary/aromatic N) is 5. The Labute approximate surface area is 156 Å². The summed E-state index contributed by atoms with van der Waals surface area (Å²) in [6, 6.07) is 11.7. The predicted molar refractivity (Wildman–Crippen MR) is 101 cm³/mol. The summed E-state index contributed by atoms with van der Waals surface area (Å²) in [6.07, 6.45) is 2.36. The van der Waals surface area contributed by atoms with Crippen LogP contribution in [0.25, 0.3) is 5.69 Å². The molecule has 0 aliphatic carbocycles. The number of hydrogen-bond acceptors (Lipinski definition) is 6. The minimum absolute atomic E-state index is 0.262. The van der Waals surface area contributed by atoms with E-state index in [1.165, 1.54) is 12.8 Å². The van der Waals surface area contributed by atoms with Gasteiger partial charge in [0.1, 0.15) is 0 Å². The highest BCUT2D eigenvalue weighted by Gasteiger charge is 2.17. The quantitative estimate of drug-likeness (QED) is 0.697. The number of para-hydroxylation sites is 1. The fourth-order valence-electron chi connectivity index (χ4n) is 3.07. The third-order valence-electron chi connectivity index (χ3n) is 4.31. The van der Waals surface area contributed by atoms with Crippen LogP contribution in [-0.2, 0) is 6.61 Å². The molecule has 1 aromatic carbocycles. The second-order valence-corrected chi connectivity index (χ2v) is 6.63. The lowest BCUT2D eigenvalue weighted by molar-refractivity contribution is 0.281. The maximum atomic E-state index is 5.92. The van der Waals surface area contributed by atoms with Crippen LogP contribution < -0.4 is 9.64 Å². The van der Waals surface area contributed by atoms with Gasteiger partial charge < -0.3 is 9.64 Å². The minimum atomic E-state index is 0.262. The maximum absolute atomic E-state index is 5.92. The SMILES string of the molecule is Cc1cc(OCc2n[nH]c(=S)n2-c2ccccc2)nc(N2CCCC2)n1. The van der Waals surface area contributed by atoms with Crippen molar-refractivity contribution in [2.45, 2.75) is 26.4 Å². The smallest absolute Gasteiger partial charge is 0.228 e. The number of aromatic nitrogens is 5. The third kappa shape index (κ3) is 3.45. The lowest BCUT2D eigenvalue weighted by Gasteiger charge is -2.16. The van der Waals surface area contributed by atoms with Gasteiger partial charge in [0.05, 0.1) is 0 Å². The van der Waals surface area contributed by atoms with Crippen LogP contribution in [0.15, 0.2) is 36.4 Å². The standard InChI is InChI=1S/C18H20N6OS/c1-13-11-16(20-17(19-13)23-9-5-6-10-23)25-12-15-21-22-18(26)24(15)14-7-3-2-4-8-14/h2-4,7-8,11H,5-6,9-10,12H2,1H3,(H,22,26). The molecular formula is C18H20N6OS. The van der Waals surface area contributed by atoms with E-state index in [2.05, 4.69) is 25.1 Å². The number of benzene rings is 1. The van der Waals surface area contributed by atoms with Gasteiger partial charge in [-0.25, -0.2) is 4.98 Å². The molecule has 0 radical (unpaired) electrons. The van der Waals surface area contributed by atoms with Gasteiger partial charge in [0, 0.05) is 30.5 Å². The monoisotopic (exact) mass is 368 g/mol. The van der Waals surface area contributed by atoms with E-state index in [1.54, 1.807) is 0 Å². The lowest BCUT2D eigenvalue weighted by Crippen LogP contribution is -2.21. The first-order valence-electron chi connectivity index (χ1n) is 8.66. The number of nitrogens with one attached hydrogen (secondary N) is 1. The molecule has 1 fully saturated rings. The summed E-state index contributed by atoms with van der Waals surface area (Å²) in [5.74, 6) is 1.98. The summed E-state index contributed by atoms with van der Waals surface area (Å²) < 4.78 is 8.32. The van der Waals surface area contributed by atoms with Crippen LogP contribution in [0.5, 0.6) is 5.88 Å². The molecule has 1 aliphatic heterocycles. The molecule has 3 heterocycles. The number of rotatable bonds is 5. The normalized spacial score (nSPS) is 14.0. The van der Waals surface area contributed by atoms with Gasteiger partial charge in [0.25, 0.3) is 0 Å². The Morgan fingerprint density at radius 1 is 1.15 bits per heavy atom. The maximum Gasteiger partial charge on any atom is 0.228 e. The van der Waals surface area contributed by atoms with Crippen molar-refractivity contribution in [2.24, 2.45) is 0 Å². The zero-order chi connectivity index (χ0) is 17.9. The van der Waals surface area contributed by atoms with Crippen LogP contribution in [0.1, 0.15) is 24.4 Å². The molecule has 134 valence electrons. The van der Waals surface area contributed by atoms with Crippen molar-refractivity contribution in [1.29, 1.82) is 0 Å². The Hall–Kier alpha value is -2.74. The van der Waals surface area contributed by atoms with Crippen molar-refractivity contribution in [3.05, 3.63) is 52.7 Å². The van der Waals surface area contributed by atoms with Gasteiger partial charge >= 0.3 is 0 Å². The molecule has 1 saturated heterocycles. The van der Waals surface area contributed by atoms with E-state index in [9.17, 15) is 0 Å². The van der Waals surface area contributed by atoms with E-state index in [0.29, 0.717) is 16.5 Å². The molecule has 0 saturated carbocycles. The summed E-state index contributed by atoms with van der Waals surface area (Å²) in [7, 11) is 0. The number of aromatic amines is 1. The fraction of sp³-hybridized carbons (Fsp3) is 0.333. The van der Waals surface area contributed by atoms with E-state index in [1.807, 2.05) is 47.9 Å². The molecule has 7 nitrogen and oxygen atoms in total. The summed E-state index contributed by atoms with van der Waals surface area (Å²) in [6.45, 7) is 4.21. The average molecular weight is 368 g/mol. The Kier molecular flexibility index (Phi) is 4.66. The van der Waals surface area contributed by atoms with Crippen molar-refractivity contribution in [3.63, 3.8) is 0 Å². The number of hydrogen-bond donors (Lipinski definition) is 1. The van der Waals surface area contributed by atoms with E-state index in [-0.39, 0.29) is 6.61 Å². The summed E-state index contributed by atoms with van der Waals surface area (Å²) >= 11 is 5.36. The second-order valence-electron chi connectivity index (χ2n) is 6.25. The summed E-state index contributed by atoms with van der Waals surface area (Å²) in [4.78, 5) is 11.3. The first-order valence-corrected chi connectivity index (χ1v) is 9.07. The predicted octanol–water partition coefficient (Wildman–Crippen LogP) is 3.21. The molecular weight excluding hydrogens is 348 g/mol. The highest BCUT2D eigenvalue weighted by molar-refractivity contribution is 7.71. The van der Waals surface area contributed by atoms with Gasteiger partial charge in [-0.3, -0.25) is 9.67 Å². The van der Waals surface area contributed by atoms with E-state index in [0.717, 1.165) is 30.4 Å². The number of anilines is 1. The molecule has 0 amide bonds. The van der Waals surface area contributed by atoms with Crippen LogP contribution in [0.2, 0.25) is 0 Å². The lowest BCUT2D eigenvalue weighted by atomic mass is 10.3. The zero-order valence-electron chi connectivity index (χ0n) is 14.6.